The molecule has 136 valence electrons. The number of amides is 1. The minimum Gasteiger partial charge on any atom is -0.353 e. The van der Waals surface area contributed by atoms with Gasteiger partial charge in [-0.1, -0.05) is 36.9 Å². The number of benzene rings is 1. The van der Waals surface area contributed by atoms with Gasteiger partial charge >= 0.3 is 0 Å². The van der Waals surface area contributed by atoms with Crippen LogP contribution in [0, 0.1) is 0 Å². The average molecular weight is 383 g/mol. The highest BCUT2D eigenvalue weighted by Gasteiger charge is 2.20. The molecule has 0 fully saturated rings. The molecule has 0 aliphatic carbocycles. The second-order valence-electron chi connectivity index (χ2n) is 5.70. The van der Waals surface area contributed by atoms with E-state index in [9.17, 15) is 13.2 Å². The normalized spacial score (nSPS) is 12.8. The van der Waals surface area contributed by atoms with Crippen LogP contribution in [0.15, 0.2) is 40.4 Å². The Morgan fingerprint density at radius 2 is 1.96 bits per heavy atom. The number of carbonyl (C=O) groups is 1. The van der Waals surface area contributed by atoms with Gasteiger partial charge in [0, 0.05) is 13.1 Å². The predicted molar refractivity (Wildman–Crippen MR) is 97.0 cm³/mol. The molecule has 1 unspecified atom stereocenters. The lowest BCUT2D eigenvalue weighted by molar-refractivity contribution is -0.119. The van der Waals surface area contributed by atoms with Gasteiger partial charge in [-0.15, -0.1) is 10.2 Å². The third kappa shape index (κ3) is 5.30. The van der Waals surface area contributed by atoms with Crippen LogP contribution in [-0.2, 0) is 27.4 Å². The summed E-state index contributed by atoms with van der Waals surface area (Å²) in [6, 6.07) is 8.36. The second kappa shape index (κ2) is 8.48. The zero-order valence-electron chi connectivity index (χ0n) is 14.5. The van der Waals surface area contributed by atoms with Crippen LogP contribution in [0.4, 0.5) is 0 Å². The van der Waals surface area contributed by atoms with Crippen molar-refractivity contribution in [3.05, 3.63) is 36.2 Å². The number of nitrogens with zero attached hydrogens (tertiary/aromatic N) is 3. The summed E-state index contributed by atoms with van der Waals surface area (Å²) in [5.41, 5.74) is 0. The molecule has 1 N–H and O–H groups in total. The molecule has 0 saturated heterocycles. The van der Waals surface area contributed by atoms with Crippen molar-refractivity contribution in [1.29, 1.82) is 0 Å². The zero-order valence-corrected chi connectivity index (χ0v) is 16.1. The standard InChI is InChI=1S/C16H22N4O3S2/c1-4-12(2)17-15(21)10-24-16-19-18-14(20(16)3)11-25(22,23)13-8-6-5-7-9-13/h5-9,12H,4,10-11H2,1-3H3,(H,17,21). The Bertz CT molecular complexity index is 819. The highest BCUT2D eigenvalue weighted by molar-refractivity contribution is 7.99. The van der Waals surface area contributed by atoms with Gasteiger partial charge in [0.1, 0.15) is 11.6 Å². The van der Waals surface area contributed by atoms with Crippen LogP contribution < -0.4 is 5.32 Å². The van der Waals surface area contributed by atoms with Crippen LogP contribution in [0.3, 0.4) is 0 Å². The summed E-state index contributed by atoms with van der Waals surface area (Å²) in [4.78, 5) is 12.1. The number of aromatic nitrogens is 3. The molecule has 1 atom stereocenters. The molecule has 0 saturated carbocycles. The van der Waals surface area contributed by atoms with Crippen LogP contribution in [0.2, 0.25) is 0 Å². The smallest absolute Gasteiger partial charge is 0.230 e. The van der Waals surface area contributed by atoms with E-state index in [1.807, 2.05) is 13.8 Å². The van der Waals surface area contributed by atoms with Crippen LogP contribution in [0.1, 0.15) is 26.1 Å². The van der Waals surface area contributed by atoms with Crippen molar-refractivity contribution in [2.75, 3.05) is 5.75 Å². The predicted octanol–water partition coefficient (Wildman–Crippen LogP) is 1.80. The van der Waals surface area contributed by atoms with E-state index in [4.69, 9.17) is 0 Å². The molecule has 2 aromatic rings. The average Bonchev–Trinajstić information content (AvgIpc) is 2.93. The monoisotopic (exact) mass is 382 g/mol. The number of rotatable bonds is 8. The molecular formula is C16H22N4O3S2. The molecule has 0 aliphatic rings. The van der Waals surface area contributed by atoms with Crippen LogP contribution in [-0.4, -0.2) is 40.9 Å². The summed E-state index contributed by atoms with van der Waals surface area (Å²) in [5.74, 6) is 0.233. The van der Waals surface area contributed by atoms with Gasteiger partial charge in [0.2, 0.25) is 5.91 Å². The number of thioether (sulfide) groups is 1. The van der Waals surface area contributed by atoms with Crippen molar-refractivity contribution in [2.24, 2.45) is 7.05 Å². The Morgan fingerprint density at radius 1 is 1.28 bits per heavy atom. The van der Waals surface area contributed by atoms with E-state index in [2.05, 4.69) is 15.5 Å². The molecule has 1 amide bonds. The summed E-state index contributed by atoms with van der Waals surface area (Å²) in [7, 11) is -1.79. The fourth-order valence-corrected chi connectivity index (χ4v) is 4.10. The summed E-state index contributed by atoms with van der Waals surface area (Å²) in [5, 5.41) is 11.3. The molecular weight excluding hydrogens is 360 g/mol. The number of sulfone groups is 1. The van der Waals surface area contributed by atoms with Gasteiger partial charge in [-0.2, -0.15) is 0 Å². The molecule has 0 aliphatic heterocycles. The Kier molecular flexibility index (Phi) is 6.60. The molecule has 7 nitrogen and oxygen atoms in total. The van der Waals surface area contributed by atoms with Gasteiger partial charge in [-0.25, -0.2) is 8.42 Å². The highest BCUT2D eigenvalue weighted by Crippen LogP contribution is 2.19. The van der Waals surface area contributed by atoms with Gasteiger partial charge in [0.15, 0.2) is 15.0 Å². The third-order valence-electron chi connectivity index (χ3n) is 3.70. The Morgan fingerprint density at radius 3 is 2.60 bits per heavy atom. The summed E-state index contributed by atoms with van der Waals surface area (Å²) >= 11 is 1.23. The number of nitrogens with one attached hydrogen (secondary N) is 1. The van der Waals surface area contributed by atoms with E-state index in [0.29, 0.717) is 11.0 Å². The molecule has 0 bridgehead atoms. The second-order valence-corrected chi connectivity index (χ2v) is 8.63. The molecule has 0 radical (unpaired) electrons. The zero-order chi connectivity index (χ0) is 18.4. The van der Waals surface area contributed by atoms with E-state index in [1.54, 1.807) is 41.9 Å². The van der Waals surface area contributed by atoms with Crippen LogP contribution in [0.25, 0.3) is 0 Å². The molecule has 0 spiro atoms. The van der Waals surface area contributed by atoms with E-state index >= 15 is 0 Å². The topological polar surface area (TPSA) is 94.0 Å². The molecule has 1 aromatic carbocycles. The first kappa shape index (κ1) is 19.5. The third-order valence-corrected chi connectivity index (χ3v) is 6.35. The van der Waals surface area contributed by atoms with Gasteiger partial charge < -0.3 is 9.88 Å². The largest absolute Gasteiger partial charge is 0.353 e. The SMILES string of the molecule is CCC(C)NC(=O)CSc1nnc(CS(=O)(=O)c2ccccc2)n1C. The van der Waals surface area contributed by atoms with Crippen LogP contribution in [0.5, 0.6) is 0 Å². The van der Waals surface area contributed by atoms with Crippen molar-refractivity contribution in [2.45, 2.75) is 42.1 Å². The maximum Gasteiger partial charge on any atom is 0.230 e. The lowest BCUT2D eigenvalue weighted by atomic mass is 10.3. The fourth-order valence-electron chi connectivity index (χ4n) is 2.03. The lowest BCUT2D eigenvalue weighted by Crippen LogP contribution is -2.33. The lowest BCUT2D eigenvalue weighted by Gasteiger charge is -2.10. The van der Waals surface area contributed by atoms with Crippen molar-refractivity contribution >= 4 is 27.5 Å². The van der Waals surface area contributed by atoms with Gasteiger partial charge in [-0.05, 0) is 25.5 Å². The minimum atomic E-state index is -3.48. The minimum absolute atomic E-state index is 0.0826. The van der Waals surface area contributed by atoms with E-state index in [0.717, 1.165) is 6.42 Å². The maximum atomic E-state index is 12.4. The van der Waals surface area contributed by atoms with Crippen LogP contribution >= 0.6 is 11.8 Å². The Hall–Kier alpha value is -1.87. The van der Waals surface area contributed by atoms with Crippen molar-refractivity contribution in [3.8, 4) is 0 Å². The van der Waals surface area contributed by atoms with Gasteiger partial charge in [0.05, 0.1) is 10.6 Å². The quantitative estimate of drug-likeness (QED) is 0.700. The van der Waals surface area contributed by atoms with Crippen molar-refractivity contribution < 1.29 is 13.2 Å². The summed E-state index contributed by atoms with van der Waals surface area (Å²) < 4.78 is 26.5. The molecule has 2 rings (SSSR count). The molecule has 25 heavy (non-hydrogen) atoms. The first-order chi connectivity index (χ1) is 11.8. The number of carbonyl (C=O) groups excluding carboxylic acids is 1. The Balaban J connectivity index is 2.02. The highest BCUT2D eigenvalue weighted by atomic mass is 32.2. The van der Waals surface area contributed by atoms with Crippen molar-refractivity contribution in [1.82, 2.24) is 20.1 Å². The number of hydrogen-bond acceptors (Lipinski definition) is 6. The van der Waals surface area contributed by atoms with Gasteiger partial charge in [0.25, 0.3) is 0 Å². The number of hydrogen-bond donors (Lipinski definition) is 1. The van der Waals surface area contributed by atoms with E-state index in [1.165, 1.54) is 11.8 Å². The molecule has 1 aromatic heterocycles. The maximum absolute atomic E-state index is 12.4. The van der Waals surface area contributed by atoms with E-state index in [-0.39, 0.29) is 28.4 Å². The summed E-state index contributed by atoms with van der Waals surface area (Å²) in [6.45, 7) is 3.94. The Labute approximate surface area is 152 Å². The summed E-state index contributed by atoms with van der Waals surface area (Å²) in [6.07, 6.45) is 0.863. The fraction of sp³-hybridized carbons (Fsp3) is 0.438. The first-order valence-electron chi connectivity index (χ1n) is 7.91. The van der Waals surface area contributed by atoms with Crippen molar-refractivity contribution in [3.63, 3.8) is 0 Å². The first-order valence-corrected chi connectivity index (χ1v) is 10.6. The molecule has 1 heterocycles. The molecule has 9 heteroatoms. The van der Waals surface area contributed by atoms with Gasteiger partial charge in [-0.3, -0.25) is 4.79 Å². The van der Waals surface area contributed by atoms with E-state index < -0.39 is 9.84 Å².